The Bertz CT molecular complexity index is 696. The Morgan fingerprint density at radius 1 is 1.38 bits per heavy atom. The minimum Gasteiger partial charge on any atom is -0.467 e. The molecule has 0 fully saturated rings. The van der Waals surface area contributed by atoms with E-state index in [2.05, 4.69) is 10.6 Å². The van der Waals surface area contributed by atoms with Crippen molar-refractivity contribution in [2.75, 3.05) is 40.8 Å². The largest absolute Gasteiger partial charge is 0.467 e. The van der Waals surface area contributed by atoms with Crippen LogP contribution in [-0.2, 0) is 14.3 Å². The van der Waals surface area contributed by atoms with E-state index in [0.29, 0.717) is 11.5 Å². The van der Waals surface area contributed by atoms with E-state index in [1.807, 2.05) is 7.05 Å². The molecule has 2 rings (SSSR count). The van der Waals surface area contributed by atoms with Crippen molar-refractivity contribution in [2.24, 2.45) is 0 Å². The van der Waals surface area contributed by atoms with Gasteiger partial charge in [-0.05, 0) is 19.1 Å². The molecule has 9 heteroatoms. The predicted octanol–water partition coefficient (Wildman–Crippen LogP) is -0.946. The molecule has 2 heterocycles. The van der Waals surface area contributed by atoms with Crippen LogP contribution in [0.15, 0.2) is 34.1 Å². The van der Waals surface area contributed by atoms with Gasteiger partial charge < -0.3 is 29.6 Å². The highest BCUT2D eigenvalue weighted by atomic mass is 16.5. The average molecular weight is 365 g/mol. The van der Waals surface area contributed by atoms with E-state index in [4.69, 9.17) is 9.15 Å². The summed E-state index contributed by atoms with van der Waals surface area (Å²) in [5.74, 6) is -0.158. The second-order valence-electron chi connectivity index (χ2n) is 6.26. The van der Waals surface area contributed by atoms with E-state index < -0.39 is 18.0 Å². The van der Waals surface area contributed by atoms with Crippen molar-refractivity contribution in [1.82, 2.24) is 15.5 Å². The summed E-state index contributed by atoms with van der Waals surface area (Å²) in [6.07, 6.45) is 1.47. The molecule has 2 atom stereocenters. The van der Waals surface area contributed by atoms with Crippen LogP contribution in [0.25, 0.3) is 0 Å². The van der Waals surface area contributed by atoms with Crippen LogP contribution in [0.5, 0.6) is 0 Å². The molecule has 26 heavy (non-hydrogen) atoms. The van der Waals surface area contributed by atoms with Crippen molar-refractivity contribution in [3.05, 3.63) is 35.4 Å². The van der Waals surface area contributed by atoms with E-state index >= 15 is 0 Å². The maximum Gasteiger partial charge on any atom is 0.338 e. The summed E-state index contributed by atoms with van der Waals surface area (Å²) in [5.41, 5.74) is 0.690. The van der Waals surface area contributed by atoms with Gasteiger partial charge in [0.05, 0.1) is 31.2 Å². The number of carbonyl (C=O) groups is 3. The van der Waals surface area contributed by atoms with Crippen molar-refractivity contribution >= 4 is 17.9 Å². The number of ether oxygens (including phenoxy) is 1. The number of amides is 3. The lowest BCUT2D eigenvalue weighted by atomic mass is 10.00. The van der Waals surface area contributed by atoms with E-state index in [1.54, 1.807) is 33.2 Å². The van der Waals surface area contributed by atoms with Crippen LogP contribution in [0.3, 0.4) is 0 Å². The number of hydrogen-bond acceptors (Lipinski definition) is 5. The van der Waals surface area contributed by atoms with Crippen LogP contribution in [-0.4, -0.2) is 63.6 Å². The number of esters is 1. The van der Waals surface area contributed by atoms with Crippen molar-refractivity contribution < 1.29 is 28.4 Å². The number of nitrogens with one attached hydrogen (secondary N) is 3. The molecule has 0 radical (unpaired) electrons. The number of rotatable bonds is 7. The normalized spacial score (nSPS) is 18.0. The summed E-state index contributed by atoms with van der Waals surface area (Å²) in [6.45, 7) is 2.41. The van der Waals surface area contributed by atoms with Crippen LogP contribution in [0.4, 0.5) is 4.79 Å². The van der Waals surface area contributed by atoms with Gasteiger partial charge in [0.25, 0.3) is 5.91 Å². The van der Waals surface area contributed by atoms with E-state index in [1.165, 1.54) is 11.2 Å². The predicted molar refractivity (Wildman–Crippen MR) is 92.1 cm³/mol. The summed E-state index contributed by atoms with van der Waals surface area (Å²) in [7, 11) is 5.17. The third kappa shape index (κ3) is 4.63. The first-order chi connectivity index (χ1) is 12.3. The quantitative estimate of drug-likeness (QED) is 0.541. The lowest BCUT2D eigenvalue weighted by Gasteiger charge is -2.28. The molecule has 1 aromatic heterocycles. The Morgan fingerprint density at radius 3 is 2.69 bits per heavy atom. The highest BCUT2D eigenvalue weighted by molar-refractivity contribution is 5.95. The van der Waals surface area contributed by atoms with Gasteiger partial charge in [0.2, 0.25) is 0 Å². The summed E-state index contributed by atoms with van der Waals surface area (Å²) in [6, 6.07) is 2.17. The highest BCUT2D eigenvalue weighted by Crippen LogP contribution is 2.27. The van der Waals surface area contributed by atoms with Crippen molar-refractivity contribution in [2.45, 2.75) is 13.0 Å². The zero-order chi connectivity index (χ0) is 19.3. The molecule has 3 N–H and O–H groups in total. The average Bonchev–Trinajstić information content (AvgIpc) is 3.08. The van der Waals surface area contributed by atoms with Crippen LogP contribution in [0.1, 0.15) is 18.7 Å². The molecular weight excluding hydrogens is 340 g/mol. The second-order valence-corrected chi connectivity index (χ2v) is 6.26. The van der Waals surface area contributed by atoms with Gasteiger partial charge in [-0.25, -0.2) is 9.59 Å². The Balaban J connectivity index is 2.34. The smallest absolute Gasteiger partial charge is 0.338 e. The minimum atomic E-state index is -0.745. The van der Waals surface area contributed by atoms with E-state index in [0.717, 1.165) is 4.90 Å². The van der Waals surface area contributed by atoms with Gasteiger partial charge >= 0.3 is 12.0 Å². The Labute approximate surface area is 151 Å². The molecule has 1 aliphatic rings. The molecule has 9 nitrogen and oxygen atoms in total. The minimum absolute atomic E-state index is 0.0522. The summed E-state index contributed by atoms with van der Waals surface area (Å²) in [5, 5.41) is 5.36. The van der Waals surface area contributed by atoms with Gasteiger partial charge in [0.15, 0.2) is 6.54 Å². The Morgan fingerprint density at radius 2 is 2.12 bits per heavy atom. The first kappa shape index (κ1) is 19.5. The standard InChI is InChI=1S/C17H24N4O5/c1-5-25-16(23)14-11(9-21(4)10-13(22)20(2)3)18-17(24)19-15(14)12-7-6-8-26-12/h6-8,15H,5,9-10H2,1-4H3,(H2,18,19,24)/p+1/t15-/m1/s1. The van der Waals surface area contributed by atoms with E-state index in [-0.39, 0.29) is 31.2 Å². The molecule has 3 amide bonds. The maximum absolute atomic E-state index is 12.5. The maximum atomic E-state index is 12.5. The number of urea groups is 1. The molecule has 0 saturated carbocycles. The molecule has 142 valence electrons. The van der Waals surface area contributed by atoms with Crippen molar-refractivity contribution in [3.63, 3.8) is 0 Å². The van der Waals surface area contributed by atoms with Crippen LogP contribution < -0.4 is 15.5 Å². The van der Waals surface area contributed by atoms with Gasteiger partial charge in [-0.1, -0.05) is 0 Å². The molecule has 1 aromatic rings. The van der Waals surface area contributed by atoms with Gasteiger partial charge in [-0.3, -0.25) is 4.79 Å². The lowest BCUT2D eigenvalue weighted by molar-refractivity contribution is -0.866. The third-order valence-electron chi connectivity index (χ3n) is 3.91. The lowest BCUT2D eigenvalue weighted by Crippen LogP contribution is -3.10. The molecule has 0 spiro atoms. The summed E-state index contributed by atoms with van der Waals surface area (Å²) < 4.78 is 10.5. The van der Waals surface area contributed by atoms with Gasteiger partial charge in [0, 0.05) is 14.1 Å². The van der Waals surface area contributed by atoms with Crippen LogP contribution in [0.2, 0.25) is 0 Å². The molecule has 0 aromatic carbocycles. The molecular formula is C17H25N4O5+. The fourth-order valence-corrected chi connectivity index (χ4v) is 2.66. The summed E-state index contributed by atoms with van der Waals surface area (Å²) >= 11 is 0. The highest BCUT2D eigenvalue weighted by Gasteiger charge is 2.36. The Kier molecular flexibility index (Phi) is 6.40. The first-order valence-corrected chi connectivity index (χ1v) is 8.36. The van der Waals surface area contributed by atoms with Crippen LogP contribution >= 0.6 is 0 Å². The fraction of sp³-hybridized carbons (Fsp3) is 0.471. The Hall–Kier alpha value is -2.81. The molecule has 0 aliphatic carbocycles. The van der Waals surface area contributed by atoms with Gasteiger partial charge in [-0.2, -0.15) is 0 Å². The van der Waals surface area contributed by atoms with Crippen LogP contribution in [0, 0.1) is 0 Å². The number of quaternary nitrogens is 1. The topological polar surface area (TPSA) is 105 Å². The molecule has 1 unspecified atom stereocenters. The number of furan rings is 1. The van der Waals surface area contributed by atoms with Gasteiger partial charge in [0.1, 0.15) is 18.3 Å². The van der Waals surface area contributed by atoms with Crippen molar-refractivity contribution in [1.29, 1.82) is 0 Å². The number of likely N-dealkylation sites (N-methyl/N-ethyl adjacent to an activating group) is 2. The SMILES string of the molecule is CCOC(=O)C1=C(C[NH+](C)CC(=O)N(C)C)NC(=O)N[C@@H]1c1ccco1. The zero-order valence-electron chi connectivity index (χ0n) is 15.4. The first-order valence-electron chi connectivity index (χ1n) is 8.36. The van der Waals surface area contributed by atoms with Gasteiger partial charge in [-0.15, -0.1) is 0 Å². The fourth-order valence-electron chi connectivity index (χ4n) is 2.66. The monoisotopic (exact) mass is 365 g/mol. The molecule has 0 bridgehead atoms. The number of carbonyl (C=O) groups excluding carboxylic acids is 3. The molecule has 1 aliphatic heterocycles. The molecule has 0 saturated heterocycles. The second kappa shape index (κ2) is 8.52. The summed E-state index contributed by atoms with van der Waals surface area (Å²) in [4.78, 5) is 38.8. The third-order valence-corrected chi connectivity index (χ3v) is 3.91. The number of nitrogens with zero attached hydrogens (tertiary/aromatic N) is 1. The number of hydrogen-bond donors (Lipinski definition) is 3. The zero-order valence-corrected chi connectivity index (χ0v) is 15.4. The van der Waals surface area contributed by atoms with Crippen molar-refractivity contribution in [3.8, 4) is 0 Å². The van der Waals surface area contributed by atoms with E-state index in [9.17, 15) is 14.4 Å².